The Balaban J connectivity index is 1.56. The molecule has 19 heavy (non-hydrogen) atoms. The largest absolute Gasteiger partial charge is 0.311 e. The van der Waals surface area contributed by atoms with Gasteiger partial charge in [0, 0.05) is 19.0 Å². The van der Waals surface area contributed by atoms with Gasteiger partial charge in [-0.2, -0.15) is 5.10 Å². The van der Waals surface area contributed by atoms with Crippen LogP contribution >= 0.6 is 0 Å². The zero-order chi connectivity index (χ0) is 13.1. The van der Waals surface area contributed by atoms with Crippen molar-refractivity contribution >= 4 is 10.9 Å². The van der Waals surface area contributed by atoms with Crippen LogP contribution in [0.2, 0.25) is 0 Å². The Kier molecular flexibility index (Phi) is 3.83. The van der Waals surface area contributed by atoms with Gasteiger partial charge in [-0.05, 0) is 24.9 Å². The van der Waals surface area contributed by atoms with Crippen molar-refractivity contribution in [1.82, 2.24) is 15.1 Å². The average Bonchev–Trinajstić information content (AvgIpc) is 3.04. The average molecular weight is 257 g/mol. The van der Waals surface area contributed by atoms with Crippen molar-refractivity contribution in [3.63, 3.8) is 0 Å². The van der Waals surface area contributed by atoms with Crippen LogP contribution in [0.5, 0.6) is 0 Å². The summed E-state index contributed by atoms with van der Waals surface area (Å²) in [5.74, 6) is 0.966. The molecule has 1 aliphatic carbocycles. The lowest BCUT2D eigenvalue weighted by Gasteiger charge is -2.08. The molecule has 102 valence electrons. The normalized spacial score (nSPS) is 16.5. The molecular formula is C16H23N3. The van der Waals surface area contributed by atoms with Crippen molar-refractivity contribution in [3.8, 4) is 0 Å². The lowest BCUT2D eigenvalue weighted by molar-refractivity contribution is 0.476. The van der Waals surface area contributed by atoms with E-state index in [2.05, 4.69) is 34.7 Å². The summed E-state index contributed by atoms with van der Waals surface area (Å²) < 4.78 is 1.98. The second-order valence-electron chi connectivity index (χ2n) is 5.70. The van der Waals surface area contributed by atoms with Crippen LogP contribution < -0.4 is 5.32 Å². The van der Waals surface area contributed by atoms with Crippen LogP contribution in [-0.2, 0) is 13.6 Å². The third-order valence-corrected chi connectivity index (χ3v) is 4.33. The van der Waals surface area contributed by atoms with Gasteiger partial charge < -0.3 is 5.32 Å². The lowest BCUT2D eigenvalue weighted by atomic mass is 10.0. The summed E-state index contributed by atoms with van der Waals surface area (Å²) in [6, 6.07) is 8.45. The Hall–Kier alpha value is -1.35. The van der Waals surface area contributed by atoms with Crippen LogP contribution in [0.25, 0.3) is 10.9 Å². The molecule has 2 aromatic rings. The molecular weight excluding hydrogens is 234 g/mol. The topological polar surface area (TPSA) is 29.9 Å². The minimum atomic E-state index is 0.883. The van der Waals surface area contributed by atoms with E-state index in [-0.39, 0.29) is 0 Å². The number of hydrogen-bond donors (Lipinski definition) is 1. The molecule has 1 N–H and O–H groups in total. The van der Waals surface area contributed by atoms with Gasteiger partial charge in [0.15, 0.2) is 0 Å². The maximum Gasteiger partial charge on any atom is 0.0841 e. The van der Waals surface area contributed by atoms with E-state index < -0.39 is 0 Å². The van der Waals surface area contributed by atoms with Crippen LogP contribution in [0, 0.1) is 5.92 Å². The SMILES string of the molecule is Cn1nc(CNCCC2CCCC2)c2ccccc21. The molecule has 1 saturated carbocycles. The Bertz CT molecular complexity index is 538. The fourth-order valence-corrected chi connectivity index (χ4v) is 3.23. The Morgan fingerprint density at radius 3 is 2.89 bits per heavy atom. The number of hydrogen-bond acceptors (Lipinski definition) is 2. The summed E-state index contributed by atoms with van der Waals surface area (Å²) in [4.78, 5) is 0. The summed E-state index contributed by atoms with van der Waals surface area (Å²) in [6.45, 7) is 2.00. The minimum absolute atomic E-state index is 0.883. The fraction of sp³-hybridized carbons (Fsp3) is 0.562. The molecule has 1 aliphatic rings. The van der Waals surface area contributed by atoms with Gasteiger partial charge in [0.1, 0.15) is 0 Å². The minimum Gasteiger partial charge on any atom is -0.311 e. The van der Waals surface area contributed by atoms with Crippen molar-refractivity contribution in [1.29, 1.82) is 0 Å². The predicted molar refractivity (Wildman–Crippen MR) is 79.0 cm³/mol. The van der Waals surface area contributed by atoms with Crippen LogP contribution in [0.4, 0.5) is 0 Å². The van der Waals surface area contributed by atoms with Crippen LogP contribution in [0.15, 0.2) is 24.3 Å². The van der Waals surface area contributed by atoms with Gasteiger partial charge in [-0.1, -0.05) is 43.9 Å². The zero-order valence-electron chi connectivity index (χ0n) is 11.7. The third-order valence-electron chi connectivity index (χ3n) is 4.33. The molecule has 3 rings (SSSR count). The van der Waals surface area contributed by atoms with Gasteiger partial charge in [-0.3, -0.25) is 4.68 Å². The highest BCUT2D eigenvalue weighted by Gasteiger charge is 2.14. The summed E-state index contributed by atoms with van der Waals surface area (Å²) in [7, 11) is 2.02. The molecule has 1 aromatic heterocycles. The van der Waals surface area contributed by atoms with E-state index in [1.54, 1.807) is 0 Å². The van der Waals surface area contributed by atoms with Gasteiger partial charge >= 0.3 is 0 Å². The molecule has 0 atom stereocenters. The van der Waals surface area contributed by atoms with Crippen molar-refractivity contribution in [2.24, 2.45) is 13.0 Å². The summed E-state index contributed by atoms with van der Waals surface area (Å²) >= 11 is 0. The van der Waals surface area contributed by atoms with Crippen LogP contribution in [-0.4, -0.2) is 16.3 Å². The standard InChI is InChI=1S/C16H23N3/c1-19-16-9-5-4-8-14(16)15(18-19)12-17-11-10-13-6-2-3-7-13/h4-5,8-9,13,17H,2-3,6-7,10-12H2,1H3. The number of nitrogens with zero attached hydrogens (tertiary/aromatic N) is 2. The monoisotopic (exact) mass is 257 g/mol. The van der Waals surface area contributed by atoms with E-state index in [0.717, 1.165) is 19.0 Å². The lowest BCUT2D eigenvalue weighted by Crippen LogP contribution is -2.17. The van der Waals surface area contributed by atoms with E-state index in [1.165, 1.54) is 48.7 Å². The van der Waals surface area contributed by atoms with Crippen molar-refractivity contribution in [2.75, 3.05) is 6.54 Å². The zero-order valence-corrected chi connectivity index (χ0v) is 11.7. The van der Waals surface area contributed by atoms with Gasteiger partial charge in [0.05, 0.1) is 11.2 Å². The van der Waals surface area contributed by atoms with Crippen molar-refractivity contribution in [3.05, 3.63) is 30.0 Å². The van der Waals surface area contributed by atoms with E-state index in [1.807, 2.05) is 11.7 Å². The molecule has 1 aromatic carbocycles. The molecule has 3 nitrogen and oxygen atoms in total. The van der Waals surface area contributed by atoms with Crippen LogP contribution in [0.3, 0.4) is 0 Å². The first-order valence-electron chi connectivity index (χ1n) is 7.46. The number of aryl methyl sites for hydroxylation is 1. The second kappa shape index (κ2) is 5.74. The molecule has 1 heterocycles. The molecule has 0 bridgehead atoms. The molecule has 0 aliphatic heterocycles. The Morgan fingerprint density at radius 1 is 1.26 bits per heavy atom. The summed E-state index contributed by atoms with van der Waals surface area (Å²) in [5, 5.41) is 9.45. The number of fused-ring (bicyclic) bond motifs is 1. The van der Waals surface area contributed by atoms with Gasteiger partial charge in [0.25, 0.3) is 0 Å². The van der Waals surface area contributed by atoms with E-state index in [4.69, 9.17) is 0 Å². The number of nitrogens with one attached hydrogen (secondary N) is 1. The van der Waals surface area contributed by atoms with Crippen LogP contribution in [0.1, 0.15) is 37.8 Å². The van der Waals surface area contributed by atoms with E-state index in [9.17, 15) is 0 Å². The quantitative estimate of drug-likeness (QED) is 0.833. The first-order valence-corrected chi connectivity index (χ1v) is 7.46. The van der Waals surface area contributed by atoms with Gasteiger partial charge in [-0.25, -0.2) is 0 Å². The second-order valence-corrected chi connectivity index (χ2v) is 5.70. The molecule has 0 amide bonds. The van der Waals surface area contributed by atoms with E-state index >= 15 is 0 Å². The van der Waals surface area contributed by atoms with Crippen molar-refractivity contribution in [2.45, 2.75) is 38.6 Å². The molecule has 3 heteroatoms. The van der Waals surface area contributed by atoms with Crippen molar-refractivity contribution < 1.29 is 0 Å². The molecule has 0 saturated heterocycles. The smallest absolute Gasteiger partial charge is 0.0841 e. The van der Waals surface area contributed by atoms with E-state index in [0.29, 0.717) is 0 Å². The molecule has 0 unspecified atom stereocenters. The van der Waals surface area contributed by atoms with Gasteiger partial charge in [-0.15, -0.1) is 0 Å². The highest BCUT2D eigenvalue weighted by atomic mass is 15.3. The van der Waals surface area contributed by atoms with Gasteiger partial charge in [0.2, 0.25) is 0 Å². The summed E-state index contributed by atoms with van der Waals surface area (Å²) in [6.07, 6.45) is 7.08. The Labute approximate surface area is 115 Å². The number of aromatic nitrogens is 2. The maximum absolute atomic E-state index is 4.61. The maximum atomic E-state index is 4.61. The highest BCUT2D eigenvalue weighted by molar-refractivity contribution is 5.81. The highest BCUT2D eigenvalue weighted by Crippen LogP contribution is 2.27. The molecule has 0 radical (unpaired) electrons. The first-order chi connectivity index (χ1) is 9.34. The predicted octanol–water partition coefficient (Wildman–Crippen LogP) is 3.24. The third kappa shape index (κ3) is 2.81. The number of rotatable bonds is 5. The molecule has 0 spiro atoms. The first kappa shape index (κ1) is 12.7. The fourth-order valence-electron chi connectivity index (χ4n) is 3.23. The Morgan fingerprint density at radius 2 is 2.05 bits per heavy atom. The number of para-hydroxylation sites is 1. The number of benzene rings is 1. The summed E-state index contributed by atoms with van der Waals surface area (Å²) in [5.41, 5.74) is 2.39. The molecule has 1 fully saturated rings.